The van der Waals surface area contributed by atoms with Crippen LogP contribution in [0.1, 0.15) is 136 Å². The smallest absolute Gasteiger partial charge is 0.326 e. The van der Waals surface area contributed by atoms with E-state index in [0.717, 1.165) is 0 Å². The van der Waals surface area contributed by atoms with Gasteiger partial charge in [0.1, 0.15) is 78.3 Å². The third-order valence-electron chi connectivity index (χ3n) is 19.8. The van der Waals surface area contributed by atoms with Gasteiger partial charge in [0.15, 0.2) is 17.9 Å². The molecule has 14 amide bonds. The van der Waals surface area contributed by atoms with Crippen molar-refractivity contribution in [3.63, 3.8) is 0 Å². The van der Waals surface area contributed by atoms with Crippen LogP contribution < -0.4 is 93.3 Å². The highest BCUT2D eigenvalue weighted by Gasteiger charge is 2.48. The van der Waals surface area contributed by atoms with Gasteiger partial charge < -0.3 is 133 Å². The molecule has 43 nitrogen and oxygen atoms in total. The fourth-order valence-corrected chi connectivity index (χ4v) is 13.6. The van der Waals surface area contributed by atoms with E-state index in [2.05, 4.69) is 68.1 Å². The number of aliphatic carboxylic acids is 1. The van der Waals surface area contributed by atoms with Crippen LogP contribution in [0.3, 0.4) is 0 Å². The second-order valence-corrected chi connectivity index (χ2v) is 29.0. The Kier molecular flexibility index (Phi) is 38.2. The maximum Gasteiger partial charge on any atom is 0.326 e. The highest BCUT2D eigenvalue weighted by Crippen LogP contribution is 2.30. The molecule has 4 aliphatic heterocycles. The number of hydrogen-bond donors (Lipinski definition) is 21. The summed E-state index contributed by atoms with van der Waals surface area (Å²) in [5, 5.41) is 64.2. The van der Waals surface area contributed by atoms with Crippen LogP contribution in [0, 0.1) is 11.8 Å². The molecule has 4 heterocycles. The molecule has 0 radical (unpaired) electrons. The van der Waals surface area contributed by atoms with Gasteiger partial charge in [0.25, 0.3) is 0 Å². The van der Waals surface area contributed by atoms with Crippen molar-refractivity contribution in [2.24, 2.45) is 66.9 Å². The van der Waals surface area contributed by atoms with Gasteiger partial charge in [0, 0.05) is 52.2 Å². The van der Waals surface area contributed by atoms with E-state index < -0.39 is 200 Å². The molecule has 28 N–H and O–H groups in total. The number of nitrogens with one attached hydrogen (secondary N) is 10. The van der Waals surface area contributed by atoms with Crippen LogP contribution in [0.4, 0.5) is 0 Å². The Labute approximate surface area is 659 Å². The van der Waals surface area contributed by atoms with Crippen molar-refractivity contribution in [2.45, 2.75) is 209 Å². The fourth-order valence-electron chi connectivity index (χ4n) is 13.6. The summed E-state index contributed by atoms with van der Waals surface area (Å²) in [4.78, 5) is 224. The monoisotopic (exact) mass is 1610 g/mol. The number of likely N-dealkylation sites (tertiary alicyclic amines) is 4. The molecule has 0 aliphatic carbocycles. The quantitative estimate of drug-likeness (QED) is 0.0164. The molecule has 0 unspecified atom stereocenters. The molecule has 114 heavy (non-hydrogen) atoms. The van der Waals surface area contributed by atoms with Crippen LogP contribution in [0.15, 0.2) is 39.2 Å². The molecule has 634 valence electrons. The first kappa shape index (κ1) is 93.4. The average Bonchev–Trinajstić information content (AvgIpc) is 1.73. The van der Waals surface area contributed by atoms with E-state index in [1.54, 1.807) is 13.8 Å². The minimum absolute atomic E-state index is 0.00473. The number of phenolic OH excluding ortho intramolecular Hbond substituents is 1. The number of aliphatic hydroxyl groups excluding tert-OH is 2. The Balaban J connectivity index is 1.19. The lowest BCUT2D eigenvalue weighted by Gasteiger charge is -2.35. The molecule has 4 saturated heterocycles. The third-order valence-corrected chi connectivity index (χ3v) is 19.8. The summed E-state index contributed by atoms with van der Waals surface area (Å²) in [5.41, 5.74) is 39.2. The van der Waals surface area contributed by atoms with E-state index in [9.17, 15) is 92.3 Å². The lowest BCUT2D eigenvalue weighted by molar-refractivity contribution is -0.151. The van der Waals surface area contributed by atoms with Gasteiger partial charge in [-0.15, -0.1) is 0 Å². The second-order valence-electron chi connectivity index (χ2n) is 29.0. The van der Waals surface area contributed by atoms with Crippen LogP contribution in [-0.4, -0.2) is 298 Å². The van der Waals surface area contributed by atoms with E-state index in [4.69, 9.17) is 40.1 Å². The molecule has 0 spiro atoms. The number of rotatable bonds is 45. The van der Waals surface area contributed by atoms with Crippen molar-refractivity contribution >= 4 is 107 Å². The van der Waals surface area contributed by atoms with Crippen LogP contribution >= 0.6 is 0 Å². The first-order valence-electron chi connectivity index (χ1n) is 38.4. The molecule has 43 heteroatoms. The zero-order chi connectivity index (χ0) is 84.5. The molecule has 1 aromatic rings. The number of amides is 14. The Morgan fingerprint density at radius 2 is 0.877 bits per heavy atom. The number of nitrogens with two attached hydrogens (primary N) is 7. The summed E-state index contributed by atoms with van der Waals surface area (Å²) in [7, 11) is 0. The van der Waals surface area contributed by atoms with Gasteiger partial charge in [0.05, 0.1) is 32.8 Å². The molecule has 4 fully saturated rings. The third kappa shape index (κ3) is 29.4. The van der Waals surface area contributed by atoms with Gasteiger partial charge in [-0.2, -0.15) is 0 Å². The number of nitrogens with zero attached hydrogens (tertiary/aromatic N) is 7. The lowest BCUT2D eigenvalue weighted by atomic mass is 9.97. The summed E-state index contributed by atoms with van der Waals surface area (Å²) in [6.45, 7) is 3.70. The normalized spacial score (nSPS) is 18.8. The number of carbonyl (C=O) groups excluding carboxylic acids is 14. The topological polar surface area (TPSA) is 689 Å². The SMILES string of the molecule is CC[C@H](C)[C@H](NC(=O)[C@@H]1CCCN1C(=O)[C@@H]1CCCN1C(=O)[C@@H]1CCCN1C(=O)[C@H](CCCN=C(N)N)NC(=O)[C@@H]1CCCN1C(=O)[C@H](CCCN=C(N)N)NC(=O)[C@H](CC(C)C)NC(=O)[C@@H](N)CO)C(=O)N[C@@H](CO)C(=O)NCC(=O)NCC(=O)NCC(=O)N[C@@H](Cc1ccc(O)cc1)C(=O)N[C@@H](CCCN=C(N)N)C(=O)O. The highest BCUT2D eigenvalue weighted by atomic mass is 16.4. The Morgan fingerprint density at radius 3 is 1.37 bits per heavy atom. The lowest BCUT2D eigenvalue weighted by Crippen LogP contribution is -2.60. The molecular formula is C71H116N24O19. The van der Waals surface area contributed by atoms with E-state index >= 15 is 0 Å². The van der Waals surface area contributed by atoms with Gasteiger partial charge in [-0.3, -0.25) is 82.1 Å². The zero-order valence-corrected chi connectivity index (χ0v) is 65.0. The van der Waals surface area contributed by atoms with E-state index in [1.807, 2.05) is 13.8 Å². The number of aliphatic hydroxyl groups is 2. The summed E-state index contributed by atoms with van der Waals surface area (Å²) in [6.07, 6.45) is 2.89. The predicted molar refractivity (Wildman–Crippen MR) is 412 cm³/mol. The molecular weight excluding hydrogens is 1490 g/mol. The first-order valence-corrected chi connectivity index (χ1v) is 38.4. The average molecular weight is 1610 g/mol. The van der Waals surface area contributed by atoms with E-state index in [0.29, 0.717) is 37.7 Å². The molecule has 0 saturated carbocycles. The number of carbonyl (C=O) groups is 15. The van der Waals surface area contributed by atoms with Crippen LogP contribution in [0.2, 0.25) is 0 Å². The minimum atomic E-state index is -1.68. The number of carboxylic acids is 1. The first-order chi connectivity index (χ1) is 54.1. The number of benzene rings is 1. The van der Waals surface area contributed by atoms with Crippen molar-refractivity contribution in [2.75, 3.05) is 78.7 Å². The van der Waals surface area contributed by atoms with Crippen molar-refractivity contribution in [1.82, 2.24) is 72.8 Å². The molecule has 1 aromatic carbocycles. The van der Waals surface area contributed by atoms with Gasteiger partial charge in [-0.1, -0.05) is 46.2 Å². The van der Waals surface area contributed by atoms with Gasteiger partial charge in [-0.05, 0) is 126 Å². The number of aromatic hydroxyl groups is 1. The number of guanidine groups is 3. The van der Waals surface area contributed by atoms with Gasteiger partial charge in [0.2, 0.25) is 82.7 Å². The molecule has 5 rings (SSSR count). The van der Waals surface area contributed by atoms with E-state index in [-0.39, 0.29) is 152 Å². The molecule has 13 atom stereocenters. The van der Waals surface area contributed by atoms with Gasteiger partial charge in [-0.25, -0.2) is 4.79 Å². The van der Waals surface area contributed by atoms with Crippen LogP contribution in [0.25, 0.3) is 0 Å². The van der Waals surface area contributed by atoms with E-state index in [1.165, 1.54) is 43.9 Å². The highest BCUT2D eigenvalue weighted by molar-refractivity contribution is 6.00. The number of carboxylic acid groups (broad SMARTS) is 1. The minimum Gasteiger partial charge on any atom is -0.508 e. The molecule has 0 bridgehead atoms. The molecule has 0 aromatic heterocycles. The number of aliphatic imine (C=N–C) groups is 3. The predicted octanol–water partition coefficient (Wildman–Crippen LogP) is -8.71. The standard InChI is InChI=1S/C71H116N24O19/c1-5-39(4)56(63(108)90-48(37-97)58(103)84-34-54(100)82-33-53(99)83-35-55(101)85-47(32-40-20-22-41(98)23-21-40)60(105)88-45(68(113)114)15-8-26-81-71(77)78)91-62(107)50-17-10-28-93(50)66(111)52-19-12-30-95(52)67(112)51-18-11-29-94(51)65(110)44(14-7-25-80-70(75)76)87-61(106)49-16-9-27-92(49)64(109)43(13-6-24-79-69(73)74)86-59(104)46(31-38(2)3)89-57(102)42(72)36-96/h20-23,38-39,42-52,56,96-98H,5-19,24-37,72H2,1-4H3,(H,82,100)(H,83,99)(H,84,103)(H,85,101)(H,86,104)(H,87,106)(H,88,105)(H,89,102)(H,90,108)(H,91,107)(H,113,114)(H4,73,74,79)(H4,75,76,80)(H4,77,78,81)/t39-,42-,43-,44-,45-,46-,47-,48-,49-,50-,51-,52-,56-/m0/s1. The Hall–Kier alpha value is -11.2. The largest absolute Gasteiger partial charge is 0.508 e. The van der Waals surface area contributed by atoms with Crippen molar-refractivity contribution in [3.8, 4) is 5.75 Å². The summed E-state index contributed by atoms with van der Waals surface area (Å²) >= 11 is 0. The van der Waals surface area contributed by atoms with Crippen molar-refractivity contribution in [3.05, 3.63) is 29.8 Å². The molecule has 4 aliphatic rings. The summed E-state index contributed by atoms with van der Waals surface area (Å²) < 4.78 is 0. The Morgan fingerprint density at radius 1 is 0.465 bits per heavy atom. The van der Waals surface area contributed by atoms with Crippen molar-refractivity contribution < 1.29 is 92.3 Å². The second kappa shape index (κ2) is 46.7. The number of phenols is 1. The summed E-state index contributed by atoms with van der Waals surface area (Å²) in [6, 6.07) is -9.66. The summed E-state index contributed by atoms with van der Waals surface area (Å²) in [5.74, 6) is -13.7. The number of hydrogen-bond acceptors (Lipinski definition) is 22. The maximum absolute atomic E-state index is 15.0. The maximum atomic E-state index is 15.0. The fraction of sp³-hybridized carbons (Fsp3) is 0.662. The Bertz CT molecular complexity index is 3610. The zero-order valence-electron chi connectivity index (χ0n) is 65.0. The van der Waals surface area contributed by atoms with Crippen LogP contribution in [-0.2, 0) is 78.3 Å². The van der Waals surface area contributed by atoms with Crippen molar-refractivity contribution in [1.29, 1.82) is 0 Å². The van der Waals surface area contributed by atoms with Gasteiger partial charge >= 0.3 is 5.97 Å². The van der Waals surface area contributed by atoms with Crippen LogP contribution in [0.5, 0.6) is 5.75 Å².